The summed E-state index contributed by atoms with van der Waals surface area (Å²) in [6.45, 7) is 6.90. The summed E-state index contributed by atoms with van der Waals surface area (Å²) in [5, 5.41) is 3.31. The molecule has 0 atom stereocenters. The highest BCUT2D eigenvalue weighted by Crippen LogP contribution is 2.16. The van der Waals surface area contributed by atoms with Crippen LogP contribution in [-0.4, -0.2) is 34.6 Å². The van der Waals surface area contributed by atoms with Gasteiger partial charge in [-0.15, -0.1) is 0 Å². The molecular weight excluding hydrogens is 310 g/mol. The van der Waals surface area contributed by atoms with E-state index < -0.39 is 0 Å². The quantitative estimate of drug-likeness (QED) is 0.713. The Hall–Kier alpha value is -2.95. The molecule has 0 bridgehead atoms. The van der Waals surface area contributed by atoms with Crippen LogP contribution < -0.4 is 10.2 Å². The van der Waals surface area contributed by atoms with Crippen LogP contribution in [0.5, 0.6) is 0 Å². The van der Waals surface area contributed by atoms with Gasteiger partial charge in [0.15, 0.2) is 0 Å². The Morgan fingerprint density at radius 2 is 1.88 bits per heavy atom. The molecule has 0 aliphatic heterocycles. The molecule has 3 aromatic rings. The van der Waals surface area contributed by atoms with Gasteiger partial charge in [0.1, 0.15) is 0 Å². The van der Waals surface area contributed by atoms with Gasteiger partial charge in [-0.1, -0.05) is 18.2 Å². The fraction of sp³-hybridized carbons (Fsp3) is 0.250. The van der Waals surface area contributed by atoms with Crippen molar-refractivity contribution in [2.75, 3.05) is 29.9 Å². The van der Waals surface area contributed by atoms with E-state index >= 15 is 0 Å². The third-order valence-corrected chi connectivity index (χ3v) is 4.00. The number of nitrogens with zero attached hydrogens (tertiary/aromatic N) is 4. The smallest absolute Gasteiger partial charge is 0.223 e. The molecule has 0 saturated heterocycles. The number of aromatic nitrogens is 3. The molecule has 0 amide bonds. The lowest BCUT2D eigenvalue weighted by Gasteiger charge is -2.23. The van der Waals surface area contributed by atoms with Crippen molar-refractivity contribution >= 4 is 11.6 Å². The molecule has 0 saturated carbocycles. The lowest BCUT2D eigenvalue weighted by Crippen LogP contribution is -2.29. The minimum atomic E-state index is 0.628. The summed E-state index contributed by atoms with van der Waals surface area (Å²) < 4.78 is 0. The summed E-state index contributed by atoms with van der Waals surface area (Å²) in [5.41, 5.74) is 4.19. The van der Waals surface area contributed by atoms with Crippen LogP contribution in [0.2, 0.25) is 0 Å². The maximum absolute atomic E-state index is 4.55. The first-order valence-electron chi connectivity index (χ1n) is 8.56. The molecule has 5 nitrogen and oxygen atoms in total. The molecule has 0 radical (unpaired) electrons. The first-order chi connectivity index (χ1) is 12.3. The van der Waals surface area contributed by atoms with Gasteiger partial charge in [0.05, 0.1) is 11.4 Å². The zero-order valence-electron chi connectivity index (χ0n) is 14.7. The molecule has 0 fully saturated rings. The third-order valence-electron chi connectivity index (χ3n) is 4.00. The van der Waals surface area contributed by atoms with E-state index in [1.807, 2.05) is 24.3 Å². The largest absolute Gasteiger partial charge is 0.370 e. The van der Waals surface area contributed by atoms with Crippen molar-refractivity contribution in [3.05, 3.63) is 66.5 Å². The van der Waals surface area contributed by atoms with Crippen LogP contribution in [0.1, 0.15) is 12.5 Å². The van der Waals surface area contributed by atoms with Crippen molar-refractivity contribution < 1.29 is 0 Å². The van der Waals surface area contributed by atoms with Crippen LogP contribution in [0.15, 0.2) is 60.9 Å². The van der Waals surface area contributed by atoms with E-state index in [9.17, 15) is 0 Å². The van der Waals surface area contributed by atoms with E-state index in [0.717, 1.165) is 31.0 Å². The fourth-order valence-electron chi connectivity index (χ4n) is 2.70. The van der Waals surface area contributed by atoms with E-state index in [1.165, 1.54) is 11.3 Å². The zero-order valence-corrected chi connectivity index (χ0v) is 14.7. The Morgan fingerprint density at radius 1 is 0.960 bits per heavy atom. The van der Waals surface area contributed by atoms with Crippen LogP contribution in [0.4, 0.5) is 11.6 Å². The minimum Gasteiger partial charge on any atom is -0.370 e. The Bertz CT molecular complexity index is 804. The first kappa shape index (κ1) is 16.9. The monoisotopic (exact) mass is 333 g/mol. The van der Waals surface area contributed by atoms with Crippen molar-refractivity contribution in [3.63, 3.8) is 0 Å². The van der Waals surface area contributed by atoms with E-state index in [-0.39, 0.29) is 0 Å². The van der Waals surface area contributed by atoms with E-state index in [0.29, 0.717) is 5.95 Å². The highest BCUT2D eigenvalue weighted by Gasteiger charge is 2.06. The number of pyridine rings is 1. The molecule has 2 aromatic heterocycles. The van der Waals surface area contributed by atoms with Gasteiger partial charge in [-0.25, -0.2) is 9.97 Å². The van der Waals surface area contributed by atoms with Gasteiger partial charge in [0.25, 0.3) is 0 Å². The van der Waals surface area contributed by atoms with Gasteiger partial charge in [-0.05, 0) is 49.7 Å². The van der Waals surface area contributed by atoms with Gasteiger partial charge < -0.3 is 10.2 Å². The molecule has 1 aromatic carbocycles. The maximum atomic E-state index is 4.55. The SMILES string of the molecule is CCN(CCNc1nccc(-c2ccccn2)n1)c1cccc(C)c1. The van der Waals surface area contributed by atoms with E-state index in [1.54, 1.807) is 12.4 Å². The molecule has 0 aliphatic carbocycles. The summed E-state index contributed by atoms with van der Waals surface area (Å²) in [4.78, 5) is 15.5. The van der Waals surface area contributed by atoms with Gasteiger partial charge in [0, 0.05) is 37.7 Å². The summed E-state index contributed by atoms with van der Waals surface area (Å²) in [7, 11) is 0. The molecule has 2 heterocycles. The predicted octanol–water partition coefficient (Wildman–Crippen LogP) is 3.79. The zero-order chi connectivity index (χ0) is 17.5. The van der Waals surface area contributed by atoms with E-state index in [4.69, 9.17) is 0 Å². The molecule has 1 N–H and O–H groups in total. The summed E-state index contributed by atoms with van der Waals surface area (Å²) in [6, 6.07) is 16.2. The van der Waals surface area contributed by atoms with Crippen LogP contribution >= 0.6 is 0 Å². The number of anilines is 2. The number of hydrogen-bond donors (Lipinski definition) is 1. The maximum Gasteiger partial charge on any atom is 0.223 e. The Balaban J connectivity index is 1.62. The van der Waals surface area contributed by atoms with Crippen LogP contribution in [0.3, 0.4) is 0 Å². The topological polar surface area (TPSA) is 53.9 Å². The van der Waals surface area contributed by atoms with Crippen LogP contribution in [-0.2, 0) is 0 Å². The standard InChI is InChI=1S/C20H23N5/c1-3-25(17-8-6-7-16(2)15-17)14-13-23-20-22-12-10-19(24-20)18-9-4-5-11-21-18/h4-12,15H,3,13-14H2,1-2H3,(H,22,23,24). The number of rotatable bonds is 7. The number of likely N-dealkylation sites (N-methyl/N-ethyl adjacent to an activating group) is 1. The highest BCUT2D eigenvalue weighted by atomic mass is 15.2. The van der Waals surface area contributed by atoms with Gasteiger partial charge >= 0.3 is 0 Å². The Kier molecular flexibility index (Phi) is 5.57. The normalized spacial score (nSPS) is 10.5. The minimum absolute atomic E-state index is 0.628. The molecular formula is C20H23N5. The highest BCUT2D eigenvalue weighted by molar-refractivity contribution is 5.55. The second kappa shape index (κ2) is 8.24. The Labute approximate surface area is 148 Å². The molecule has 0 spiro atoms. The van der Waals surface area contributed by atoms with Gasteiger partial charge in [-0.2, -0.15) is 0 Å². The lowest BCUT2D eigenvalue weighted by molar-refractivity contribution is 0.829. The van der Waals surface area contributed by atoms with Gasteiger partial charge in [-0.3, -0.25) is 4.98 Å². The fourth-order valence-corrected chi connectivity index (χ4v) is 2.70. The predicted molar refractivity (Wildman–Crippen MR) is 103 cm³/mol. The van der Waals surface area contributed by atoms with Crippen molar-refractivity contribution in [3.8, 4) is 11.4 Å². The molecule has 0 aliphatic rings. The summed E-state index contributed by atoms with van der Waals surface area (Å²) in [6.07, 6.45) is 3.53. The molecule has 0 unspecified atom stereocenters. The van der Waals surface area contributed by atoms with Crippen LogP contribution in [0.25, 0.3) is 11.4 Å². The van der Waals surface area contributed by atoms with Crippen molar-refractivity contribution in [2.45, 2.75) is 13.8 Å². The first-order valence-corrected chi connectivity index (χ1v) is 8.56. The lowest BCUT2D eigenvalue weighted by atomic mass is 10.2. The number of hydrogen-bond acceptors (Lipinski definition) is 5. The summed E-state index contributed by atoms with van der Waals surface area (Å²) in [5.74, 6) is 0.628. The summed E-state index contributed by atoms with van der Waals surface area (Å²) >= 11 is 0. The number of benzene rings is 1. The van der Waals surface area contributed by atoms with Crippen molar-refractivity contribution in [2.24, 2.45) is 0 Å². The van der Waals surface area contributed by atoms with Gasteiger partial charge in [0.2, 0.25) is 5.95 Å². The second-order valence-electron chi connectivity index (χ2n) is 5.83. The molecule has 25 heavy (non-hydrogen) atoms. The van der Waals surface area contributed by atoms with Crippen molar-refractivity contribution in [1.82, 2.24) is 15.0 Å². The van der Waals surface area contributed by atoms with Crippen LogP contribution in [0, 0.1) is 6.92 Å². The average Bonchev–Trinajstić information content (AvgIpc) is 2.66. The molecule has 3 rings (SSSR count). The molecule has 5 heteroatoms. The third kappa shape index (κ3) is 4.53. The average molecular weight is 333 g/mol. The Morgan fingerprint density at radius 3 is 2.64 bits per heavy atom. The van der Waals surface area contributed by atoms with Crippen molar-refractivity contribution in [1.29, 1.82) is 0 Å². The molecule has 128 valence electrons. The second-order valence-corrected chi connectivity index (χ2v) is 5.83. The van der Waals surface area contributed by atoms with E-state index in [2.05, 4.69) is 63.3 Å². The number of nitrogens with one attached hydrogen (secondary N) is 1. The number of aryl methyl sites for hydroxylation is 1.